The summed E-state index contributed by atoms with van der Waals surface area (Å²) >= 11 is 0. The predicted molar refractivity (Wildman–Crippen MR) is 119 cm³/mol. The molecule has 158 valence electrons. The predicted octanol–water partition coefficient (Wildman–Crippen LogP) is 3.38. The van der Waals surface area contributed by atoms with Crippen molar-refractivity contribution in [2.45, 2.75) is 31.7 Å². The highest BCUT2D eigenvalue weighted by molar-refractivity contribution is 7.92. The minimum atomic E-state index is -3.32. The number of rotatable bonds is 7. The molecule has 0 bridgehead atoms. The Kier molecular flexibility index (Phi) is 6.89. The SMILES string of the molecule is CS(=O)(=O)Nc1ccc(/C=C/C(=O)Nc2ccc(C(=O)NC3CCCC3)cc2)cc1. The maximum absolute atomic E-state index is 12.2. The number of anilines is 2. The van der Waals surface area contributed by atoms with E-state index in [0.717, 1.165) is 37.5 Å². The van der Waals surface area contributed by atoms with Crippen molar-refractivity contribution < 1.29 is 18.0 Å². The molecular formula is C22H25N3O4S. The number of benzene rings is 2. The maximum Gasteiger partial charge on any atom is 0.251 e. The Bertz CT molecular complexity index is 1020. The summed E-state index contributed by atoms with van der Waals surface area (Å²) < 4.78 is 24.8. The largest absolute Gasteiger partial charge is 0.349 e. The van der Waals surface area contributed by atoms with Gasteiger partial charge in [-0.05, 0) is 60.9 Å². The van der Waals surface area contributed by atoms with Crippen LogP contribution in [0.15, 0.2) is 54.6 Å². The van der Waals surface area contributed by atoms with E-state index < -0.39 is 10.0 Å². The minimum Gasteiger partial charge on any atom is -0.349 e. The number of hydrogen-bond acceptors (Lipinski definition) is 4. The molecule has 0 aromatic heterocycles. The maximum atomic E-state index is 12.2. The first-order chi connectivity index (χ1) is 14.3. The molecule has 2 aromatic rings. The summed E-state index contributed by atoms with van der Waals surface area (Å²) in [6, 6.07) is 13.7. The highest BCUT2D eigenvalue weighted by Crippen LogP contribution is 2.18. The molecule has 1 saturated carbocycles. The molecule has 3 rings (SSSR count). The van der Waals surface area contributed by atoms with E-state index in [-0.39, 0.29) is 17.9 Å². The van der Waals surface area contributed by atoms with Gasteiger partial charge in [-0.1, -0.05) is 25.0 Å². The average molecular weight is 428 g/mol. The highest BCUT2D eigenvalue weighted by atomic mass is 32.2. The quantitative estimate of drug-likeness (QED) is 0.589. The molecule has 1 aliphatic rings. The summed E-state index contributed by atoms with van der Waals surface area (Å²) in [5, 5.41) is 5.78. The van der Waals surface area contributed by atoms with Gasteiger partial charge in [0.2, 0.25) is 15.9 Å². The van der Waals surface area contributed by atoms with Crippen molar-refractivity contribution in [2.75, 3.05) is 16.3 Å². The van der Waals surface area contributed by atoms with Crippen molar-refractivity contribution in [3.8, 4) is 0 Å². The van der Waals surface area contributed by atoms with Crippen LogP contribution in [0.2, 0.25) is 0 Å². The van der Waals surface area contributed by atoms with E-state index in [4.69, 9.17) is 0 Å². The van der Waals surface area contributed by atoms with Gasteiger partial charge in [-0.25, -0.2) is 8.42 Å². The Morgan fingerprint density at radius 3 is 2.13 bits per heavy atom. The fourth-order valence-corrected chi connectivity index (χ4v) is 3.84. The zero-order chi connectivity index (χ0) is 21.6. The number of carbonyl (C=O) groups is 2. The summed E-state index contributed by atoms with van der Waals surface area (Å²) in [6.45, 7) is 0. The molecule has 1 aliphatic carbocycles. The standard InChI is InChI=1S/C22H25N3O4S/c1-30(28,29)25-20-11-6-16(7-12-20)8-15-21(26)23-19-13-9-17(10-14-19)22(27)24-18-4-2-3-5-18/h6-15,18,25H,2-5H2,1H3,(H,23,26)(H,24,27)/b15-8+. The summed E-state index contributed by atoms with van der Waals surface area (Å²) in [5.74, 6) is -0.398. The molecule has 2 aromatic carbocycles. The van der Waals surface area contributed by atoms with E-state index in [0.29, 0.717) is 16.9 Å². The number of amides is 2. The van der Waals surface area contributed by atoms with Crippen LogP contribution in [0.4, 0.5) is 11.4 Å². The lowest BCUT2D eigenvalue weighted by Gasteiger charge is -2.12. The number of sulfonamides is 1. The van der Waals surface area contributed by atoms with E-state index in [1.165, 1.54) is 6.08 Å². The fraction of sp³-hybridized carbons (Fsp3) is 0.273. The summed E-state index contributed by atoms with van der Waals surface area (Å²) in [6.07, 6.45) is 8.48. The fourth-order valence-electron chi connectivity index (χ4n) is 3.28. The van der Waals surface area contributed by atoms with Gasteiger partial charge >= 0.3 is 0 Å². The summed E-state index contributed by atoms with van der Waals surface area (Å²) in [5.41, 5.74) is 2.37. The third kappa shape index (κ3) is 6.73. The van der Waals surface area contributed by atoms with Gasteiger partial charge in [-0.2, -0.15) is 0 Å². The van der Waals surface area contributed by atoms with Gasteiger partial charge < -0.3 is 10.6 Å². The first kappa shape index (κ1) is 21.6. The molecule has 30 heavy (non-hydrogen) atoms. The Hall–Kier alpha value is -3.13. The molecule has 0 aliphatic heterocycles. The highest BCUT2D eigenvalue weighted by Gasteiger charge is 2.17. The molecule has 0 unspecified atom stereocenters. The van der Waals surface area contributed by atoms with Gasteiger partial charge in [0.25, 0.3) is 5.91 Å². The zero-order valence-electron chi connectivity index (χ0n) is 16.7. The minimum absolute atomic E-state index is 0.0894. The number of hydrogen-bond donors (Lipinski definition) is 3. The van der Waals surface area contributed by atoms with Crippen molar-refractivity contribution in [1.82, 2.24) is 5.32 Å². The van der Waals surface area contributed by atoms with E-state index in [9.17, 15) is 18.0 Å². The second kappa shape index (κ2) is 9.58. The monoisotopic (exact) mass is 427 g/mol. The van der Waals surface area contributed by atoms with Crippen LogP contribution in [-0.4, -0.2) is 32.5 Å². The molecule has 2 amide bonds. The second-order valence-electron chi connectivity index (χ2n) is 7.35. The molecule has 8 heteroatoms. The van der Waals surface area contributed by atoms with Crippen LogP contribution < -0.4 is 15.4 Å². The van der Waals surface area contributed by atoms with Crippen molar-refractivity contribution in [3.05, 3.63) is 65.7 Å². The third-order valence-corrected chi connectivity index (χ3v) is 5.35. The van der Waals surface area contributed by atoms with Crippen molar-refractivity contribution in [3.63, 3.8) is 0 Å². The molecule has 0 radical (unpaired) electrons. The van der Waals surface area contributed by atoms with E-state index >= 15 is 0 Å². The second-order valence-corrected chi connectivity index (χ2v) is 9.10. The first-order valence-electron chi connectivity index (χ1n) is 9.76. The Balaban J connectivity index is 1.52. The molecule has 7 nitrogen and oxygen atoms in total. The Morgan fingerprint density at radius 2 is 1.53 bits per heavy atom. The average Bonchev–Trinajstić information content (AvgIpc) is 3.20. The van der Waals surface area contributed by atoms with E-state index in [1.807, 2.05) is 0 Å². The molecule has 0 saturated heterocycles. The molecular weight excluding hydrogens is 402 g/mol. The number of nitrogens with one attached hydrogen (secondary N) is 3. The Morgan fingerprint density at radius 1 is 0.933 bits per heavy atom. The van der Waals surface area contributed by atoms with Crippen LogP contribution in [0.25, 0.3) is 6.08 Å². The normalized spacial score (nSPS) is 14.6. The van der Waals surface area contributed by atoms with Gasteiger partial charge in [-0.3, -0.25) is 14.3 Å². The summed E-state index contributed by atoms with van der Waals surface area (Å²) in [7, 11) is -3.32. The van der Waals surface area contributed by atoms with Crippen LogP contribution in [0, 0.1) is 0 Å². The molecule has 3 N–H and O–H groups in total. The lowest BCUT2D eigenvalue weighted by molar-refractivity contribution is -0.111. The van der Waals surface area contributed by atoms with Crippen LogP contribution in [0.5, 0.6) is 0 Å². The molecule has 0 spiro atoms. The van der Waals surface area contributed by atoms with Gasteiger partial charge in [0.05, 0.1) is 6.26 Å². The van der Waals surface area contributed by atoms with Crippen molar-refractivity contribution in [1.29, 1.82) is 0 Å². The van der Waals surface area contributed by atoms with Crippen molar-refractivity contribution >= 4 is 39.3 Å². The number of carbonyl (C=O) groups excluding carboxylic acids is 2. The lowest BCUT2D eigenvalue weighted by atomic mass is 10.1. The van der Waals surface area contributed by atoms with Crippen molar-refractivity contribution in [2.24, 2.45) is 0 Å². The lowest BCUT2D eigenvalue weighted by Crippen LogP contribution is -2.32. The van der Waals surface area contributed by atoms with Crippen LogP contribution >= 0.6 is 0 Å². The van der Waals surface area contributed by atoms with Crippen LogP contribution in [-0.2, 0) is 14.8 Å². The molecule has 0 heterocycles. The van der Waals surface area contributed by atoms with Crippen LogP contribution in [0.1, 0.15) is 41.6 Å². The van der Waals surface area contributed by atoms with Gasteiger partial charge in [0.15, 0.2) is 0 Å². The first-order valence-corrected chi connectivity index (χ1v) is 11.7. The van der Waals surface area contributed by atoms with Gasteiger partial charge in [-0.15, -0.1) is 0 Å². The molecule has 1 fully saturated rings. The van der Waals surface area contributed by atoms with Gasteiger partial charge in [0.1, 0.15) is 0 Å². The van der Waals surface area contributed by atoms with Crippen LogP contribution in [0.3, 0.4) is 0 Å². The zero-order valence-corrected chi connectivity index (χ0v) is 17.5. The Labute approximate surface area is 176 Å². The van der Waals surface area contributed by atoms with Gasteiger partial charge in [0, 0.05) is 29.1 Å². The third-order valence-electron chi connectivity index (χ3n) is 4.75. The molecule has 0 atom stereocenters. The van der Waals surface area contributed by atoms with E-state index in [2.05, 4.69) is 15.4 Å². The summed E-state index contributed by atoms with van der Waals surface area (Å²) in [4.78, 5) is 24.4. The topological polar surface area (TPSA) is 104 Å². The van der Waals surface area contributed by atoms with E-state index in [1.54, 1.807) is 54.6 Å². The smallest absolute Gasteiger partial charge is 0.251 e.